The molecule has 10 heteroatoms. The van der Waals surface area contributed by atoms with E-state index in [-0.39, 0.29) is 33.1 Å². The maximum Gasteiger partial charge on any atom is 0.414 e. The molecule has 0 saturated carbocycles. The van der Waals surface area contributed by atoms with E-state index >= 15 is 4.39 Å². The molecule has 2 N–H and O–H groups in total. The van der Waals surface area contributed by atoms with E-state index in [2.05, 4.69) is 15.6 Å². The van der Waals surface area contributed by atoms with Crippen molar-refractivity contribution in [3.05, 3.63) is 54.2 Å². The molecule has 1 aromatic carbocycles. The van der Waals surface area contributed by atoms with Crippen LogP contribution in [-0.2, 0) is 16.1 Å². The summed E-state index contributed by atoms with van der Waals surface area (Å²) in [7, 11) is 0. The molecule has 1 aliphatic heterocycles. The zero-order chi connectivity index (χ0) is 23.4. The highest BCUT2D eigenvalue weighted by molar-refractivity contribution is 5.90. The SMILES string of the molecule is C.CC(=O)NC[C@H]1CN(c2ccc(-c3ccc4nc(CNCCCF)cn4c3)c(F)c2)C(=O)O1. The third kappa shape index (κ3) is 5.69. The molecule has 0 unspecified atom stereocenters. The molecule has 1 aliphatic rings. The first-order valence-electron chi connectivity index (χ1n) is 10.7. The Balaban J connectivity index is 0.00000324. The van der Waals surface area contributed by atoms with Gasteiger partial charge in [0.25, 0.3) is 0 Å². The highest BCUT2D eigenvalue weighted by Gasteiger charge is 2.32. The number of nitrogens with zero attached hydrogens (tertiary/aromatic N) is 3. The molecule has 182 valence electrons. The van der Waals surface area contributed by atoms with Gasteiger partial charge >= 0.3 is 6.09 Å². The number of rotatable bonds is 9. The lowest BCUT2D eigenvalue weighted by Gasteiger charge is -2.14. The average molecular weight is 474 g/mol. The number of amides is 2. The molecule has 2 aromatic heterocycles. The topological polar surface area (TPSA) is 88.0 Å². The van der Waals surface area contributed by atoms with Gasteiger partial charge in [-0.1, -0.05) is 7.43 Å². The van der Waals surface area contributed by atoms with Crippen LogP contribution >= 0.6 is 0 Å². The van der Waals surface area contributed by atoms with E-state index in [1.165, 1.54) is 17.9 Å². The summed E-state index contributed by atoms with van der Waals surface area (Å²) in [5.74, 6) is -0.687. The van der Waals surface area contributed by atoms with Crippen molar-refractivity contribution >= 4 is 23.3 Å². The van der Waals surface area contributed by atoms with Crippen molar-refractivity contribution < 1.29 is 23.1 Å². The fourth-order valence-corrected chi connectivity index (χ4v) is 3.70. The molecule has 0 aliphatic carbocycles. The highest BCUT2D eigenvalue weighted by Crippen LogP contribution is 2.29. The lowest BCUT2D eigenvalue weighted by molar-refractivity contribution is -0.119. The Labute approximate surface area is 196 Å². The minimum Gasteiger partial charge on any atom is -0.442 e. The summed E-state index contributed by atoms with van der Waals surface area (Å²) in [4.78, 5) is 29.1. The van der Waals surface area contributed by atoms with Crippen LogP contribution in [0.3, 0.4) is 0 Å². The third-order valence-corrected chi connectivity index (χ3v) is 5.32. The molecule has 3 aromatic rings. The predicted octanol–water partition coefficient (Wildman–Crippen LogP) is 3.69. The Bertz CT molecular complexity index is 1170. The van der Waals surface area contributed by atoms with Crippen LogP contribution in [0.4, 0.5) is 19.3 Å². The number of aromatic nitrogens is 2. The number of cyclic esters (lactones) is 1. The number of fused-ring (bicyclic) bond motifs is 1. The van der Waals surface area contributed by atoms with Gasteiger partial charge in [0.05, 0.1) is 31.1 Å². The van der Waals surface area contributed by atoms with Gasteiger partial charge in [0, 0.05) is 37.0 Å². The van der Waals surface area contributed by atoms with Gasteiger partial charge in [-0.25, -0.2) is 14.2 Å². The molecular formula is C24H29F2N5O3. The highest BCUT2D eigenvalue weighted by atomic mass is 19.1. The number of imidazole rings is 1. The molecule has 0 radical (unpaired) electrons. The van der Waals surface area contributed by atoms with Gasteiger partial charge in [-0.3, -0.25) is 14.1 Å². The Morgan fingerprint density at radius 3 is 2.82 bits per heavy atom. The second kappa shape index (κ2) is 11.1. The van der Waals surface area contributed by atoms with Crippen LogP contribution in [0.15, 0.2) is 42.7 Å². The Hall–Kier alpha value is -3.53. The van der Waals surface area contributed by atoms with Gasteiger partial charge in [0.1, 0.15) is 17.6 Å². The predicted molar refractivity (Wildman–Crippen MR) is 126 cm³/mol. The molecule has 34 heavy (non-hydrogen) atoms. The largest absolute Gasteiger partial charge is 0.442 e. The smallest absolute Gasteiger partial charge is 0.414 e. The second-order valence-electron chi connectivity index (χ2n) is 7.85. The molecular weight excluding hydrogens is 444 g/mol. The maximum absolute atomic E-state index is 15.0. The monoisotopic (exact) mass is 473 g/mol. The number of carbonyl (C=O) groups is 2. The van der Waals surface area contributed by atoms with Crippen molar-refractivity contribution in [3.8, 4) is 11.1 Å². The van der Waals surface area contributed by atoms with Crippen LogP contribution in [0, 0.1) is 5.82 Å². The maximum atomic E-state index is 15.0. The molecule has 2 amide bonds. The van der Waals surface area contributed by atoms with Crippen molar-refractivity contribution in [2.24, 2.45) is 0 Å². The normalized spacial score (nSPS) is 15.3. The second-order valence-corrected chi connectivity index (χ2v) is 7.85. The van der Waals surface area contributed by atoms with Crippen molar-refractivity contribution in [2.45, 2.75) is 33.4 Å². The molecule has 3 heterocycles. The van der Waals surface area contributed by atoms with Crippen LogP contribution in [0.1, 0.15) is 26.5 Å². The Morgan fingerprint density at radius 1 is 1.26 bits per heavy atom. The lowest BCUT2D eigenvalue weighted by atomic mass is 10.1. The zero-order valence-corrected chi connectivity index (χ0v) is 18.2. The Kier molecular flexibility index (Phi) is 8.17. The number of carbonyl (C=O) groups excluding carboxylic acids is 2. The summed E-state index contributed by atoms with van der Waals surface area (Å²) >= 11 is 0. The number of pyridine rings is 1. The first-order chi connectivity index (χ1) is 15.9. The van der Waals surface area contributed by atoms with Crippen LogP contribution in [0.5, 0.6) is 0 Å². The lowest BCUT2D eigenvalue weighted by Crippen LogP contribution is -2.33. The fourth-order valence-electron chi connectivity index (χ4n) is 3.70. The molecule has 4 rings (SSSR count). The number of hydrogen-bond donors (Lipinski definition) is 2. The van der Waals surface area contributed by atoms with E-state index in [1.54, 1.807) is 30.5 Å². The molecule has 0 bridgehead atoms. The van der Waals surface area contributed by atoms with Crippen LogP contribution in [-0.4, -0.2) is 53.8 Å². The van der Waals surface area contributed by atoms with Gasteiger partial charge < -0.3 is 19.8 Å². The number of nitrogens with one attached hydrogen (secondary N) is 2. The molecule has 0 spiro atoms. The number of anilines is 1. The van der Waals surface area contributed by atoms with Gasteiger partial charge in [-0.05, 0) is 43.3 Å². The standard InChI is InChI=1S/C23H25F2N5O3.CH4/c1-15(31)27-11-19-14-30(23(32)33-19)18-4-5-20(21(25)9-18)16-3-6-22-28-17(13-29(22)12-16)10-26-8-2-7-24;/h3-6,9,12-13,19,26H,2,7-8,10-11,14H2,1H3,(H,27,31);1H4/t19-;/m0./s1. The summed E-state index contributed by atoms with van der Waals surface area (Å²) < 4.78 is 34.3. The summed E-state index contributed by atoms with van der Waals surface area (Å²) in [5.41, 5.74) is 2.97. The molecule has 1 fully saturated rings. The van der Waals surface area contributed by atoms with Crippen LogP contribution in [0.2, 0.25) is 0 Å². The number of hydrogen-bond acceptors (Lipinski definition) is 5. The average Bonchev–Trinajstić information content (AvgIpc) is 3.37. The first-order valence-corrected chi connectivity index (χ1v) is 10.7. The first kappa shape index (κ1) is 25.1. The van der Waals surface area contributed by atoms with Crippen LogP contribution < -0.4 is 15.5 Å². The van der Waals surface area contributed by atoms with Gasteiger partial charge in [-0.15, -0.1) is 0 Å². The number of halogens is 2. The van der Waals surface area contributed by atoms with E-state index in [4.69, 9.17) is 4.74 Å². The molecule has 1 atom stereocenters. The minimum atomic E-state index is -0.579. The summed E-state index contributed by atoms with van der Waals surface area (Å²) in [6.07, 6.45) is 3.03. The quantitative estimate of drug-likeness (QED) is 0.463. The van der Waals surface area contributed by atoms with Crippen molar-refractivity contribution in [1.29, 1.82) is 0 Å². The molecule has 1 saturated heterocycles. The van der Waals surface area contributed by atoms with Crippen molar-refractivity contribution in [3.63, 3.8) is 0 Å². The molecule has 8 nitrogen and oxygen atoms in total. The zero-order valence-electron chi connectivity index (χ0n) is 18.2. The van der Waals surface area contributed by atoms with Crippen LogP contribution in [0.25, 0.3) is 16.8 Å². The van der Waals surface area contributed by atoms with Gasteiger partial charge in [0.15, 0.2) is 0 Å². The summed E-state index contributed by atoms with van der Waals surface area (Å²) in [6, 6.07) is 8.18. The summed E-state index contributed by atoms with van der Waals surface area (Å²) in [6.45, 7) is 2.55. The number of benzene rings is 1. The summed E-state index contributed by atoms with van der Waals surface area (Å²) in [5, 5.41) is 5.74. The van der Waals surface area contributed by atoms with E-state index in [0.717, 1.165) is 11.3 Å². The van der Waals surface area contributed by atoms with E-state index in [9.17, 15) is 14.0 Å². The van der Waals surface area contributed by atoms with E-state index in [1.807, 2.05) is 10.6 Å². The van der Waals surface area contributed by atoms with Crippen molar-refractivity contribution in [1.82, 2.24) is 20.0 Å². The van der Waals surface area contributed by atoms with Gasteiger partial charge in [0.2, 0.25) is 5.91 Å². The van der Waals surface area contributed by atoms with Crippen molar-refractivity contribution in [2.75, 3.05) is 31.2 Å². The fraction of sp³-hybridized carbons (Fsp3) is 0.375. The van der Waals surface area contributed by atoms with E-state index in [0.29, 0.717) is 36.3 Å². The Morgan fingerprint density at radius 2 is 2.09 bits per heavy atom. The third-order valence-electron chi connectivity index (χ3n) is 5.32. The number of alkyl halides is 1. The van der Waals surface area contributed by atoms with Gasteiger partial charge in [-0.2, -0.15) is 0 Å². The van der Waals surface area contributed by atoms with E-state index < -0.39 is 18.0 Å². The minimum absolute atomic E-state index is 0. The number of ether oxygens (including phenoxy) is 1.